The molecule has 1 aromatic carbocycles. The number of rotatable bonds is 4. The summed E-state index contributed by atoms with van der Waals surface area (Å²) in [6.45, 7) is 0. The summed E-state index contributed by atoms with van der Waals surface area (Å²) in [4.78, 5) is 20.1. The summed E-state index contributed by atoms with van der Waals surface area (Å²) in [6, 6.07) is 9.14. The molecule has 0 spiro atoms. The van der Waals surface area contributed by atoms with E-state index < -0.39 is 0 Å². The van der Waals surface area contributed by atoms with Crippen LogP contribution in [-0.4, -0.2) is 15.9 Å². The van der Waals surface area contributed by atoms with Crippen molar-refractivity contribution in [3.63, 3.8) is 0 Å². The Balaban J connectivity index is 1.99. The molecule has 7 heteroatoms. The number of nitrogens with zero attached hydrogens (tertiary/aromatic N) is 2. The molecule has 0 saturated heterocycles. The Hall–Kier alpha value is -1.31. The van der Waals surface area contributed by atoms with E-state index in [2.05, 4.69) is 47.1 Å². The van der Waals surface area contributed by atoms with Crippen LogP contribution in [0.5, 0.6) is 0 Å². The van der Waals surface area contributed by atoms with Crippen molar-refractivity contribution in [1.82, 2.24) is 9.97 Å². The molecular formula is C13H12Br2N4O. The zero-order valence-corrected chi connectivity index (χ0v) is 13.6. The van der Waals surface area contributed by atoms with Crippen LogP contribution in [0.4, 0.5) is 5.82 Å². The Kier molecular flexibility index (Phi) is 5.22. The topological polar surface area (TPSA) is 80.9 Å². The third-order valence-corrected chi connectivity index (χ3v) is 3.53. The van der Waals surface area contributed by atoms with Crippen molar-refractivity contribution < 1.29 is 4.79 Å². The lowest BCUT2D eigenvalue weighted by Gasteiger charge is -2.12. The van der Waals surface area contributed by atoms with Gasteiger partial charge in [0, 0.05) is 12.5 Å². The average Bonchev–Trinajstić information content (AvgIpc) is 2.43. The predicted octanol–water partition coefficient (Wildman–Crippen LogP) is 3.03. The molecule has 0 aliphatic rings. The molecule has 0 saturated carbocycles. The van der Waals surface area contributed by atoms with Gasteiger partial charge in [-0.15, -0.1) is 0 Å². The van der Waals surface area contributed by atoms with E-state index in [0.717, 1.165) is 5.56 Å². The van der Waals surface area contributed by atoms with Gasteiger partial charge in [-0.3, -0.25) is 4.79 Å². The largest absolute Gasteiger partial charge is 0.324 e. The fraction of sp³-hybridized carbons (Fsp3) is 0.154. The van der Waals surface area contributed by atoms with Gasteiger partial charge in [0.1, 0.15) is 9.21 Å². The SMILES string of the molecule is NC(CC(=O)Nc1ncc(Br)nc1Br)c1ccccc1. The fourth-order valence-electron chi connectivity index (χ4n) is 1.63. The van der Waals surface area contributed by atoms with Gasteiger partial charge in [-0.25, -0.2) is 9.97 Å². The number of carbonyl (C=O) groups excluding carboxylic acids is 1. The lowest BCUT2D eigenvalue weighted by atomic mass is 10.0. The minimum Gasteiger partial charge on any atom is -0.324 e. The van der Waals surface area contributed by atoms with Crippen LogP contribution in [0.2, 0.25) is 0 Å². The summed E-state index contributed by atoms with van der Waals surface area (Å²) < 4.78 is 1.05. The van der Waals surface area contributed by atoms with Crippen molar-refractivity contribution >= 4 is 43.6 Å². The molecular weight excluding hydrogens is 388 g/mol. The maximum absolute atomic E-state index is 11.9. The van der Waals surface area contributed by atoms with E-state index in [4.69, 9.17) is 5.73 Å². The lowest BCUT2D eigenvalue weighted by Crippen LogP contribution is -2.21. The predicted molar refractivity (Wildman–Crippen MR) is 84.0 cm³/mol. The summed E-state index contributed by atoms with van der Waals surface area (Å²) in [6.07, 6.45) is 1.69. The van der Waals surface area contributed by atoms with Gasteiger partial charge >= 0.3 is 0 Å². The summed E-state index contributed by atoms with van der Waals surface area (Å²) in [5.74, 6) is 0.164. The van der Waals surface area contributed by atoms with Crippen molar-refractivity contribution in [2.24, 2.45) is 5.73 Å². The molecule has 0 radical (unpaired) electrons. The first-order valence-electron chi connectivity index (χ1n) is 5.84. The summed E-state index contributed by atoms with van der Waals surface area (Å²) in [5.41, 5.74) is 6.92. The highest BCUT2D eigenvalue weighted by Gasteiger charge is 2.13. The Bertz CT molecular complexity index is 607. The van der Waals surface area contributed by atoms with Gasteiger partial charge in [-0.1, -0.05) is 30.3 Å². The highest BCUT2D eigenvalue weighted by molar-refractivity contribution is 9.11. The third-order valence-electron chi connectivity index (χ3n) is 2.59. The van der Waals surface area contributed by atoms with E-state index in [1.807, 2.05) is 30.3 Å². The summed E-state index contributed by atoms with van der Waals surface area (Å²) in [7, 11) is 0. The van der Waals surface area contributed by atoms with Gasteiger partial charge in [0.15, 0.2) is 5.82 Å². The Morgan fingerprint density at radius 2 is 2.00 bits per heavy atom. The Labute approximate surface area is 133 Å². The molecule has 104 valence electrons. The van der Waals surface area contributed by atoms with E-state index in [1.54, 1.807) is 0 Å². The first-order valence-corrected chi connectivity index (χ1v) is 7.43. The maximum Gasteiger partial charge on any atom is 0.227 e. The number of hydrogen-bond acceptors (Lipinski definition) is 4. The van der Waals surface area contributed by atoms with Crippen LogP contribution >= 0.6 is 31.9 Å². The maximum atomic E-state index is 11.9. The van der Waals surface area contributed by atoms with Crippen molar-refractivity contribution in [3.8, 4) is 0 Å². The molecule has 0 aliphatic carbocycles. The lowest BCUT2D eigenvalue weighted by molar-refractivity contribution is -0.116. The normalized spacial score (nSPS) is 11.9. The van der Waals surface area contributed by atoms with Crippen LogP contribution < -0.4 is 11.1 Å². The zero-order chi connectivity index (χ0) is 14.5. The number of nitrogens with two attached hydrogens (primary N) is 1. The number of hydrogen-bond donors (Lipinski definition) is 2. The average molecular weight is 400 g/mol. The molecule has 1 heterocycles. The molecule has 5 nitrogen and oxygen atoms in total. The molecule has 1 aromatic heterocycles. The van der Waals surface area contributed by atoms with Crippen LogP contribution in [0.25, 0.3) is 0 Å². The molecule has 0 aliphatic heterocycles. The Morgan fingerprint density at radius 1 is 1.30 bits per heavy atom. The van der Waals surface area contributed by atoms with Crippen LogP contribution in [0, 0.1) is 0 Å². The molecule has 3 N–H and O–H groups in total. The number of aromatic nitrogens is 2. The molecule has 0 fully saturated rings. The minimum absolute atomic E-state index is 0.175. The second kappa shape index (κ2) is 6.92. The summed E-state index contributed by atoms with van der Waals surface area (Å²) in [5, 5.41) is 2.68. The fourth-order valence-corrected chi connectivity index (χ4v) is 2.54. The van der Waals surface area contributed by atoms with E-state index in [1.165, 1.54) is 6.20 Å². The number of amides is 1. The van der Waals surface area contributed by atoms with Gasteiger partial charge in [-0.2, -0.15) is 0 Å². The molecule has 20 heavy (non-hydrogen) atoms. The third kappa shape index (κ3) is 4.09. The molecule has 2 rings (SSSR count). The van der Waals surface area contributed by atoms with Crippen LogP contribution in [0.1, 0.15) is 18.0 Å². The van der Waals surface area contributed by atoms with Gasteiger partial charge in [0.2, 0.25) is 5.91 Å². The number of benzene rings is 1. The molecule has 0 bridgehead atoms. The number of anilines is 1. The van der Waals surface area contributed by atoms with Crippen molar-refractivity contribution in [2.45, 2.75) is 12.5 Å². The smallest absolute Gasteiger partial charge is 0.227 e. The highest BCUT2D eigenvalue weighted by atomic mass is 79.9. The van der Waals surface area contributed by atoms with Crippen molar-refractivity contribution in [1.29, 1.82) is 0 Å². The van der Waals surface area contributed by atoms with Crippen LogP contribution in [0.15, 0.2) is 45.7 Å². The monoisotopic (exact) mass is 398 g/mol. The van der Waals surface area contributed by atoms with Crippen LogP contribution in [-0.2, 0) is 4.79 Å². The van der Waals surface area contributed by atoms with Crippen molar-refractivity contribution in [2.75, 3.05) is 5.32 Å². The molecule has 1 atom stereocenters. The van der Waals surface area contributed by atoms with E-state index in [0.29, 0.717) is 15.0 Å². The van der Waals surface area contributed by atoms with E-state index >= 15 is 0 Å². The number of halogens is 2. The van der Waals surface area contributed by atoms with Gasteiger partial charge < -0.3 is 11.1 Å². The second-order valence-electron chi connectivity index (χ2n) is 4.10. The quantitative estimate of drug-likeness (QED) is 0.827. The zero-order valence-electron chi connectivity index (χ0n) is 10.4. The molecule has 1 unspecified atom stereocenters. The first kappa shape index (κ1) is 15.1. The minimum atomic E-state index is -0.349. The van der Waals surface area contributed by atoms with Crippen molar-refractivity contribution in [3.05, 3.63) is 51.3 Å². The second-order valence-corrected chi connectivity index (χ2v) is 5.67. The highest BCUT2D eigenvalue weighted by Crippen LogP contribution is 2.20. The standard InChI is InChI=1S/C13H12Br2N4O/c14-10-7-17-13(12(15)18-10)19-11(20)6-9(16)8-4-2-1-3-5-8/h1-5,7,9H,6,16H2,(H,17,19,20). The Morgan fingerprint density at radius 3 is 2.65 bits per heavy atom. The number of carbonyl (C=O) groups is 1. The van der Waals surface area contributed by atoms with Gasteiger partial charge in [-0.05, 0) is 37.4 Å². The van der Waals surface area contributed by atoms with E-state index in [-0.39, 0.29) is 18.4 Å². The first-order chi connectivity index (χ1) is 9.56. The van der Waals surface area contributed by atoms with Gasteiger partial charge in [0.25, 0.3) is 0 Å². The number of nitrogens with one attached hydrogen (secondary N) is 1. The molecule has 1 amide bonds. The summed E-state index contributed by atoms with van der Waals surface area (Å²) >= 11 is 6.43. The van der Waals surface area contributed by atoms with E-state index in [9.17, 15) is 4.79 Å². The van der Waals surface area contributed by atoms with Gasteiger partial charge in [0.05, 0.1) is 6.20 Å². The molecule has 2 aromatic rings. The van der Waals surface area contributed by atoms with Crippen LogP contribution in [0.3, 0.4) is 0 Å².